The van der Waals surface area contributed by atoms with Gasteiger partial charge in [-0.15, -0.1) is 9.36 Å². The molecular formula is C73H75Cl5F6N10O18S4. The highest BCUT2D eigenvalue weighted by molar-refractivity contribution is 8.14. The van der Waals surface area contributed by atoms with Crippen LogP contribution in [0.3, 0.4) is 0 Å². The van der Waals surface area contributed by atoms with Crippen molar-refractivity contribution in [3.05, 3.63) is 252 Å². The topological polar surface area (TPSA) is 357 Å². The van der Waals surface area contributed by atoms with Crippen molar-refractivity contribution >= 4 is 128 Å². The molecule has 0 bridgehead atoms. The van der Waals surface area contributed by atoms with Crippen LogP contribution in [0.5, 0.6) is 0 Å². The lowest BCUT2D eigenvalue weighted by atomic mass is 9.79. The Labute approximate surface area is 705 Å². The average molecular weight is 1800 g/mol. The molecule has 0 aliphatic carbocycles. The van der Waals surface area contributed by atoms with Gasteiger partial charge in [-0.1, -0.05) is 140 Å². The summed E-state index contributed by atoms with van der Waals surface area (Å²) in [6, 6.07) is 33.2. The van der Waals surface area contributed by atoms with Crippen LogP contribution < -0.4 is 33.9 Å². The number of esters is 3. The van der Waals surface area contributed by atoms with E-state index in [4.69, 9.17) is 63.6 Å². The molecule has 0 fully saturated rings. The molecule has 43 heteroatoms. The van der Waals surface area contributed by atoms with Gasteiger partial charge in [0.05, 0.1) is 29.5 Å². The summed E-state index contributed by atoms with van der Waals surface area (Å²) in [6.45, 7) is 8.72. The molecule has 9 aromatic rings. The largest absolute Gasteiger partial charge is 1.00 e. The number of carbonyl (C=O) groups excluding carboxylic acids is 7. The molecule has 0 spiro atoms. The number of carboxylic acid groups (broad SMARTS) is 1. The van der Waals surface area contributed by atoms with E-state index in [0.29, 0.717) is 42.3 Å². The van der Waals surface area contributed by atoms with Gasteiger partial charge in [0, 0.05) is 70.7 Å². The summed E-state index contributed by atoms with van der Waals surface area (Å²) in [5.74, 6) is -10.9. The van der Waals surface area contributed by atoms with Crippen molar-refractivity contribution in [1.82, 2.24) is 39.5 Å². The smallest absolute Gasteiger partial charge is 0.405 e. The molecule has 8 atom stereocenters. The minimum absolute atomic E-state index is 0. The number of alkyl halides is 2. The molecule has 28 nitrogen and oxygen atoms in total. The van der Waals surface area contributed by atoms with Crippen LogP contribution in [-0.4, -0.2) is 134 Å². The predicted molar refractivity (Wildman–Crippen MR) is 406 cm³/mol. The van der Waals surface area contributed by atoms with Gasteiger partial charge in [-0.2, -0.15) is 21.8 Å². The van der Waals surface area contributed by atoms with Crippen LogP contribution in [-0.2, 0) is 96.4 Å². The van der Waals surface area contributed by atoms with E-state index in [-0.39, 0.29) is 83.8 Å². The van der Waals surface area contributed by atoms with Gasteiger partial charge in [-0.25, -0.2) is 65.5 Å². The van der Waals surface area contributed by atoms with Crippen molar-refractivity contribution in [2.75, 3.05) is 23.0 Å². The monoisotopic (exact) mass is 1800 g/mol. The number of hydrogen-bond donors (Lipinski definition) is 4. The van der Waals surface area contributed by atoms with Crippen molar-refractivity contribution in [2.24, 2.45) is 0 Å². The first-order chi connectivity index (χ1) is 54.1. The highest BCUT2D eigenvalue weighted by atomic mass is 35.5. The number of aliphatic hydroxyl groups is 2. The first-order valence-electron chi connectivity index (χ1n) is 33.3. The Morgan fingerprint density at radius 1 is 0.500 bits per heavy atom. The number of thioether (sulfide) groups is 3. The van der Waals surface area contributed by atoms with Crippen molar-refractivity contribution in [1.29, 1.82) is 0 Å². The number of hydrogen-bond acceptors (Lipinski definition) is 27. The Hall–Kier alpha value is -9.35. The molecule has 0 saturated carbocycles. The number of thiol groups is 1. The Morgan fingerprint density at radius 2 is 0.845 bits per heavy atom. The van der Waals surface area contributed by atoms with Crippen LogP contribution in [0.2, 0.25) is 0 Å². The fourth-order valence-corrected chi connectivity index (χ4v) is 11.5. The van der Waals surface area contributed by atoms with Crippen LogP contribution in [0.1, 0.15) is 105 Å². The third kappa shape index (κ3) is 35.2. The van der Waals surface area contributed by atoms with Gasteiger partial charge in [0.15, 0.2) is 22.8 Å². The number of aliphatic carboxylic acids is 1. The van der Waals surface area contributed by atoms with Crippen molar-refractivity contribution in [3.63, 3.8) is 0 Å². The predicted octanol–water partition coefficient (Wildman–Crippen LogP) is 7.54. The lowest BCUT2D eigenvalue weighted by molar-refractivity contribution is -0.753. The van der Waals surface area contributed by atoms with Crippen molar-refractivity contribution in [3.8, 4) is 0 Å². The first kappa shape index (κ1) is 101. The molecule has 4 unspecified atom stereocenters. The van der Waals surface area contributed by atoms with Crippen LogP contribution in [0.25, 0.3) is 0 Å². The minimum Gasteiger partial charge on any atom is -1.00 e. The summed E-state index contributed by atoms with van der Waals surface area (Å²) in [7, 11) is 0. The third-order valence-corrected chi connectivity index (χ3v) is 17.8. The second-order valence-corrected chi connectivity index (χ2v) is 28.0. The summed E-state index contributed by atoms with van der Waals surface area (Å²) < 4.78 is 125. The van der Waals surface area contributed by atoms with Gasteiger partial charge in [-0.3, -0.25) is 19.2 Å². The SMILES string of the molecule is CC(Cl)OC(=O)Cl.CC(Cl)OC(=O)SCC(=O)OCc1ccccc1.CC(OC(=O)SCC(=O)O)[n+]1cnn(C[C@](O)(c2ccc(F)cc2F)[C@@H](C)c2ncncc2F)c1.CC(OC(=O)SCC(=O)OCc1ccccc1)[n+]1cnn(C[C@](O)(c2ccc(F)cc2F)[C@@H](C)c2ncncc2F)c1.O=C(CS)OCc1ccccc1.[Cl-].[Cl-]. The number of benzene rings is 5. The number of halogens is 11. The van der Waals surface area contributed by atoms with E-state index < -0.39 is 140 Å². The van der Waals surface area contributed by atoms with Gasteiger partial charge in [0.2, 0.25) is 25.1 Å². The molecule has 9 rings (SSSR count). The van der Waals surface area contributed by atoms with Gasteiger partial charge < -0.3 is 73.3 Å². The number of aromatic nitrogens is 10. The van der Waals surface area contributed by atoms with E-state index in [2.05, 4.69) is 52.2 Å². The van der Waals surface area contributed by atoms with E-state index in [1.165, 1.54) is 78.4 Å². The Morgan fingerprint density at radius 3 is 1.16 bits per heavy atom. The molecule has 0 aliphatic rings. The first-order valence-corrected chi connectivity index (χ1v) is 38.1. The molecule has 116 heavy (non-hydrogen) atoms. The maximum Gasteiger partial charge on any atom is 0.405 e. The summed E-state index contributed by atoms with van der Waals surface area (Å²) in [4.78, 5) is 104. The lowest BCUT2D eigenvalue weighted by Gasteiger charge is -2.32. The molecule has 0 saturated heterocycles. The van der Waals surface area contributed by atoms with Crippen molar-refractivity contribution in [2.45, 2.75) is 121 Å². The molecule has 626 valence electrons. The van der Waals surface area contributed by atoms with E-state index >= 15 is 0 Å². The van der Waals surface area contributed by atoms with Gasteiger partial charge in [0.1, 0.15) is 97.3 Å². The van der Waals surface area contributed by atoms with E-state index in [0.717, 1.165) is 77.8 Å². The normalized spacial score (nSPS) is 13.1. The number of carbonyl (C=O) groups is 8. The molecule has 0 amide bonds. The van der Waals surface area contributed by atoms with Crippen molar-refractivity contribution < 1.29 is 147 Å². The van der Waals surface area contributed by atoms with Crippen LogP contribution in [0, 0.1) is 34.9 Å². The van der Waals surface area contributed by atoms with E-state index in [1.54, 1.807) is 19.1 Å². The number of ether oxygens (including phenoxy) is 7. The molecule has 4 heterocycles. The minimum atomic E-state index is -2.15. The zero-order valence-corrected chi connectivity index (χ0v) is 69.0. The van der Waals surface area contributed by atoms with Gasteiger partial charge in [-0.05, 0) is 78.0 Å². The maximum absolute atomic E-state index is 14.9. The zero-order valence-electron chi connectivity index (χ0n) is 61.8. The fraction of sp³-hybridized carbons (Fsp3) is 0.315. The second kappa shape index (κ2) is 51.7. The number of rotatable bonds is 29. The average Bonchev–Trinajstić information content (AvgIpc) is 1.11. The maximum atomic E-state index is 14.9. The molecule has 0 radical (unpaired) electrons. The molecule has 0 aliphatic heterocycles. The third-order valence-electron chi connectivity index (χ3n) is 15.1. The molecule has 3 N–H and O–H groups in total. The zero-order chi connectivity index (χ0) is 84.1. The van der Waals surface area contributed by atoms with E-state index in [9.17, 15) is 74.9 Å². The molecule has 5 aromatic carbocycles. The van der Waals surface area contributed by atoms with Crippen LogP contribution >= 0.6 is 82.7 Å². The number of carboxylic acids is 1. The Kier molecular flexibility index (Phi) is 44.9. The summed E-state index contributed by atoms with van der Waals surface area (Å²) in [6.07, 6.45) is 7.49. The summed E-state index contributed by atoms with van der Waals surface area (Å²) >= 11 is 20.9. The molecular weight excluding hydrogens is 1720 g/mol. The quantitative estimate of drug-likeness (QED) is 0.00668. The fourth-order valence-electron chi connectivity index (χ4n) is 9.50. The number of nitrogens with zero attached hydrogens (tertiary/aromatic N) is 10. The van der Waals surface area contributed by atoms with E-state index in [1.807, 2.05) is 78.9 Å². The highest BCUT2D eigenvalue weighted by Gasteiger charge is 2.45. The highest BCUT2D eigenvalue weighted by Crippen LogP contribution is 2.41. The molecule has 4 aromatic heterocycles. The summed E-state index contributed by atoms with van der Waals surface area (Å²) in [5, 5.41) is 38.2. The summed E-state index contributed by atoms with van der Waals surface area (Å²) in [5.41, 5.74) is -4.78. The van der Waals surface area contributed by atoms with Gasteiger partial charge >= 0.3 is 45.2 Å². The Bertz CT molecular complexity index is 4620. The lowest BCUT2D eigenvalue weighted by Crippen LogP contribution is -3.00. The second-order valence-electron chi connectivity index (χ2n) is 23.4. The van der Waals surface area contributed by atoms with Crippen LogP contribution in [0.4, 0.5) is 45.5 Å². The van der Waals surface area contributed by atoms with Crippen LogP contribution in [0.15, 0.2) is 178 Å². The van der Waals surface area contributed by atoms with Gasteiger partial charge in [0.25, 0.3) is 12.7 Å². The standard InChI is InChI=1S/C28H27F3N5O5S.C21H20F3N5O5S.C12H13ClO4S.C9H10O2S.C3H4Cl2O2.2ClH/c1-18(26-24(31)11-32-15-33-26)28(39,22-9-8-21(29)10-23(22)30)14-36-17-35(16-34-36)19(2)41-27(38)42-13-25(37)40-12-20-6-4-3-5-7-20;1-12(19-17(24)6-25-9-26-19)21(33,15-4-3-14(22)5-16(15)23)8-29-11-28(10-27-29)13(2)34-20(32)35-7-18(30)31;1-9(13)17-12(15)18-8-11(14)16-7-10-5-3-2-4-6-10;10-9(7-12)11-6-8-4-2-1-3-5-8;1-2(4)7-3(5)6;;/h3-11,15-19,39H,12-14H2,1-2H3;3-6,9-13,33H,7-8H2,1-2H3;2-6,9H,7-8H2,1H3;1-5,12H,6-7H2;2H,1H3;2*1H/q+1;;;;;;/p-1/t18-,19?,28+;12-,13?,21+;;;;;/m00...../s1. The Balaban J connectivity index is 0.000000419.